The lowest BCUT2D eigenvalue weighted by atomic mass is 10.2. The highest BCUT2D eigenvalue weighted by molar-refractivity contribution is 7.61. The second kappa shape index (κ2) is 7.60. The SMILES string of the molecule is O=C(C(=O)[C@H](CO)OP(=O)(O)OP(=O)(O)O)C(O)[P+](O)(O)O. The number of hydrogen-bond acceptors (Lipinski definition) is 11. The topological polar surface area (TPSA) is 249 Å². The molecule has 0 heterocycles. The summed E-state index contributed by atoms with van der Waals surface area (Å²) in [5.74, 6) is -7.10. The second-order valence-electron chi connectivity index (χ2n) is 3.53. The second-order valence-corrected chi connectivity index (χ2v) is 8.04. The summed E-state index contributed by atoms with van der Waals surface area (Å²) in [4.78, 5) is 74.0. The number of carbonyl (C=O) groups excluding carboxylic acids is 2. The molecule has 0 amide bonds. The summed E-state index contributed by atoms with van der Waals surface area (Å²) in [6.45, 7) is -1.49. The standard InChI is InChI=1S/C5H11O14P3/c6-1-2(18-22(16,17)19-21(13,14)15)3(7)4(8)5(9)20(10,11)12/h2,5-6,9-12H,1H2,(H2-,13,14,15,16,17)/p+1/t2-,5?/m0/s1. The average molecular weight is 389 g/mol. The molecule has 0 aliphatic carbocycles. The first-order valence-corrected chi connectivity index (χ1v) is 9.57. The Morgan fingerprint density at radius 3 is 1.82 bits per heavy atom. The maximum absolute atomic E-state index is 11.4. The van der Waals surface area contributed by atoms with Crippen LogP contribution in [0.3, 0.4) is 0 Å². The van der Waals surface area contributed by atoms with E-state index in [0.717, 1.165) is 0 Å². The van der Waals surface area contributed by atoms with Gasteiger partial charge in [0.05, 0.1) is 6.61 Å². The third kappa shape index (κ3) is 7.40. The van der Waals surface area contributed by atoms with Crippen LogP contribution in [0.2, 0.25) is 0 Å². The Labute approximate surface area is 122 Å². The minimum atomic E-state index is -5.61. The summed E-state index contributed by atoms with van der Waals surface area (Å²) >= 11 is 0. The lowest BCUT2D eigenvalue weighted by molar-refractivity contribution is -0.145. The van der Waals surface area contributed by atoms with Gasteiger partial charge in [0.2, 0.25) is 5.78 Å². The Hall–Kier alpha value is -0.170. The Morgan fingerprint density at radius 2 is 1.50 bits per heavy atom. The first kappa shape index (κ1) is 21.8. The molecule has 0 spiro atoms. The molecule has 3 atom stereocenters. The van der Waals surface area contributed by atoms with Crippen molar-refractivity contribution in [3.05, 3.63) is 0 Å². The maximum Gasteiger partial charge on any atom is 0.481 e. The van der Waals surface area contributed by atoms with E-state index in [1.165, 1.54) is 0 Å². The normalized spacial score (nSPS) is 18.4. The quantitative estimate of drug-likeness (QED) is 0.143. The van der Waals surface area contributed by atoms with Crippen molar-refractivity contribution in [1.29, 1.82) is 0 Å². The van der Waals surface area contributed by atoms with E-state index in [1.807, 2.05) is 0 Å². The van der Waals surface area contributed by atoms with Crippen LogP contribution in [-0.2, 0) is 27.6 Å². The number of ketones is 2. The highest BCUT2D eigenvalue weighted by Crippen LogP contribution is 2.58. The zero-order valence-electron chi connectivity index (χ0n) is 10.2. The minimum Gasteiger partial charge on any atom is -0.393 e. The lowest BCUT2D eigenvalue weighted by Crippen LogP contribution is -2.40. The van der Waals surface area contributed by atoms with Gasteiger partial charge in [0, 0.05) is 0 Å². The van der Waals surface area contributed by atoms with E-state index >= 15 is 0 Å². The van der Waals surface area contributed by atoms with Crippen molar-refractivity contribution in [1.82, 2.24) is 0 Å². The Kier molecular flexibility index (Phi) is 7.54. The zero-order valence-corrected chi connectivity index (χ0v) is 12.9. The molecular formula is C5H12O14P3+. The zero-order chi connectivity index (χ0) is 17.9. The van der Waals surface area contributed by atoms with Gasteiger partial charge in [-0.2, -0.15) is 19.0 Å². The number of phosphoric acid groups is 2. The number of aliphatic hydroxyl groups is 2. The fourth-order valence-electron chi connectivity index (χ4n) is 0.922. The predicted octanol–water partition coefficient (Wildman–Crippen LogP) is -3.23. The molecule has 0 rings (SSSR count). The first-order valence-electron chi connectivity index (χ1n) is 4.83. The van der Waals surface area contributed by atoms with Crippen LogP contribution in [0.5, 0.6) is 0 Å². The molecule has 17 heteroatoms. The van der Waals surface area contributed by atoms with Gasteiger partial charge in [0.15, 0.2) is 6.10 Å². The molecular weight excluding hydrogens is 377 g/mol. The van der Waals surface area contributed by atoms with Gasteiger partial charge in [0.1, 0.15) is 0 Å². The van der Waals surface area contributed by atoms with Gasteiger partial charge < -0.3 is 24.9 Å². The molecule has 2 unspecified atom stereocenters. The van der Waals surface area contributed by atoms with Crippen molar-refractivity contribution >= 4 is 35.2 Å². The number of Topliss-reactive ketones (excluding diaryl/α,β-unsaturated/α-hetero) is 2. The number of phosphoric ester groups is 1. The van der Waals surface area contributed by atoms with Gasteiger partial charge in [-0.25, -0.2) is 9.13 Å². The van der Waals surface area contributed by atoms with E-state index in [4.69, 9.17) is 39.6 Å². The van der Waals surface area contributed by atoms with E-state index in [-0.39, 0.29) is 0 Å². The monoisotopic (exact) mass is 389 g/mol. The van der Waals surface area contributed by atoms with Crippen LogP contribution in [0.4, 0.5) is 0 Å². The third-order valence-corrected chi connectivity index (χ3v) is 4.82. The molecule has 0 aromatic carbocycles. The molecule has 0 fully saturated rings. The van der Waals surface area contributed by atoms with Crippen LogP contribution >= 0.6 is 23.6 Å². The van der Waals surface area contributed by atoms with Gasteiger partial charge in [-0.3, -0.25) is 14.1 Å². The third-order valence-electron chi connectivity index (χ3n) is 1.73. The molecule has 8 N–H and O–H groups in total. The summed E-state index contributed by atoms with van der Waals surface area (Å²) in [6.07, 6.45) is -2.55. The predicted molar refractivity (Wildman–Crippen MR) is 64.5 cm³/mol. The largest absolute Gasteiger partial charge is 0.481 e. The Balaban J connectivity index is 5.13. The number of carbonyl (C=O) groups is 2. The molecule has 0 aliphatic rings. The Bertz CT molecular complexity index is 515. The first-order chi connectivity index (χ1) is 9.60. The molecule has 0 saturated carbocycles. The van der Waals surface area contributed by atoms with Gasteiger partial charge in [-0.15, -0.1) is 0 Å². The summed E-state index contributed by atoms with van der Waals surface area (Å²) in [5, 5.41) is 17.7. The summed E-state index contributed by atoms with van der Waals surface area (Å²) in [5.41, 5.74) is 0. The van der Waals surface area contributed by atoms with Crippen LogP contribution in [0.15, 0.2) is 0 Å². The van der Waals surface area contributed by atoms with Crippen molar-refractivity contribution in [2.24, 2.45) is 0 Å². The van der Waals surface area contributed by atoms with Gasteiger partial charge in [0.25, 0.3) is 5.78 Å². The highest BCUT2D eigenvalue weighted by atomic mass is 31.3. The summed E-state index contributed by atoms with van der Waals surface area (Å²) < 4.78 is 28.6. The molecule has 0 aromatic heterocycles. The fraction of sp³-hybridized carbons (Fsp3) is 0.600. The van der Waals surface area contributed by atoms with Crippen LogP contribution < -0.4 is 0 Å². The molecule has 22 heavy (non-hydrogen) atoms. The number of hydrogen-bond donors (Lipinski definition) is 8. The number of rotatable bonds is 9. The Morgan fingerprint density at radius 1 is 1.05 bits per heavy atom. The van der Waals surface area contributed by atoms with Crippen LogP contribution in [-0.4, -0.2) is 69.7 Å². The van der Waals surface area contributed by atoms with Crippen molar-refractivity contribution in [2.75, 3.05) is 6.61 Å². The fourth-order valence-corrected chi connectivity index (χ4v) is 3.08. The molecule has 130 valence electrons. The summed E-state index contributed by atoms with van der Waals surface area (Å²) in [7, 11) is -16.3. The van der Waals surface area contributed by atoms with E-state index in [2.05, 4.69) is 8.83 Å². The van der Waals surface area contributed by atoms with E-state index < -0.39 is 53.7 Å². The molecule has 0 aliphatic heterocycles. The number of aliphatic hydroxyl groups excluding tert-OH is 2. The highest BCUT2D eigenvalue weighted by Gasteiger charge is 2.51. The van der Waals surface area contributed by atoms with Gasteiger partial charge >= 0.3 is 29.4 Å². The molecule has 0 radical (unpaired) electrons. The maximum atomic E-state index is 11.4. The van der Waals surface area contributed by atoms with E-state index in [9.17, 15) is 18.7 Å². The van der Waals surface area contributed by atoms with Crippen LogP contribution in [0.25, 0.3) is 0 Å². The van der Waals surface area contributed by atoms with Crippen molar-refractivity contribution in [3.63, 3.8) is 0 Å². The molecule has 14 nitrogen and oxygen atoms in total. The van der Waals surface area contributed by atoms with Crippen molar-refractivity contribution in [3.8, 4) is 0 Å². The molecule has 0 bridgehead atoms. The van der Waals surface area contributed by atoms with Gasteiger partial charge in [-0.1, -0.05) is 0 Å². The molecule has 0 saturated heterocycles. The van der Waals surface area contributed by atoms with Crippen molar-refractivity contribution in [2.45, 2.75) is 11.9 Å². The lowest BCUT2D eigenvalue weighted by Gasteiger charge is -2.18. The summed E-state index contributed by atoms with van der Waals surface area (Å²) in [6, 6.07) is 0. The average Bonchev–Trinajstić information content (AvgIpc) is 2.29. The van der Waals surface area contributed by atoms with E-state index in [1.54, 1.807) is 0 Å². The van der Waals surface area contributed by atoms with Crippen molar-refractivity contribution < 1.29 is 67.1 Å². The van der Waals surface area contributed by atoms with Crippen LogP contribution in [0.1, 0.15) is 0 Å². The van der Waals surface area contributed by atoms with Crippen LogP contribution in [0, 0.1) is 0 Å². The smallest absolute Gasteiger partial charge is 0.393 e. The van der Waals surface area contributed by atoms with E-state index in [0.29, 0.717) is 0 Å². The molecule has 0 aromatic rings. The van der Waals surface area contributed by atoms with Gasteiger partial charge in [-0.05, 0) is 0 Å². The minimum absolute atomic E-state index is 1.49.